The third-order valence-electron chi connectivity index (χ3n) is 3.39. The minimum absolute atomic E-state index is 0.0785. The molecule has 2 unspecified atom stereocenters. The highest BCUT2D eigenvalue weighted by Crippen LogP contribution is 2.25. The van der Waals surface area contributed by atoms with Gasteiger partial charge >= 0.3 is 0 Å². The average Bonchev–Trinajstić information content (AvgIpc) is 2.56. The van der Waals surface area contributed by atoms with E-state index >= 15 is 0 Å². The van der Waals surface area contributed by atoms with Crippen molar-refractivity contribution in [3.8, 4) is 5.75 Å². The van der Waals surface area contributed by atoms with Crippen LogP contribution in [-0.2, 0) is 6.54 Å². The summed E-state index contributed by atoms with van der Waals surface area (Å²) in [6.45, 7) is 0.471. The van der Waals surface area contributed by atoms with E-state index in [1.807, 2.05) is 24.3 Å². The SMILES string of the molecule is NCc1ccccc1OC1CCCCCC1O. The van der Waals surface area contributed by atoms with Gasteiger partial charge in [0.05, 0.1) is 6.10 Å². The Labute approximate surface area is 103 Å². The van der Waals surface area contributed by atoms with Crippen molar-refractivity contribution in [3.05, 3.63) is 29.8 Å². The van der Waals surface area contributed by atoms with Gasteiger partial charge in [-0.3, -0.25) is 0 Å². The Morgan fingerprint density at radius 2 is 1.94 bits per heavy atom. The fraction of sp³-hybridized carbons (Fsp3) is 0.571. The number of hydrogen-bond donors (Lipinski definition) is 2. The number of rotatable bonds is 3. The monoisotopic (exact) mass is 235 g/mol. The molecule has 1 saturated carbocycles. The molecule has 0 amide bonds. The van der Waals surface area contributed by atoms with Crippen molar-refractivity contribution in [2.45, 2.75) is 50.9 Å². The summed E-state index contributed by atoms with van der Waals surface area (Å²) in [7, 11) is 0. The lowest BCUT2D eigenvalue weighted by atomic mass is 10.1. The minimum atomic E-state index is -0.344. The standard InChI is InChI=1S/C14H21NO2/c15-10-11-6-4-5-8-13(11)17-14-9-3-1-2-7-12(14)16/h4-6,8,12,14,16H,1-3,7,9-10,15H2. The van der Waals surface area contributed by atoms with Crippen LogP contribution in [0, 0.1) is 0 Å². The molecule has 0 aliphatic heterocycles. The van der Waals surface area contributed by atoms with E-state index in [1.165, 1.54) is 6.42 Å². The van der Waals surface area contributed by atoms with Crippen molar-refractivity contribution in [1.29, 1.82) is 0 Å². The molecule has 1 aliphatic rings. The van der Waals surface area contributed by atoms with Crippen LogP contribution in [-0.4, -0.2) is 17.3 Å². The lowest BCUT2D eigenvalue weighted by Gasteiger charge is -2.23. The second-order valence-corrected chi connectivity index (χ2v) is 4.67. The van der Waals surface area contributed by atoms with Crippen LogP contribution in [0.3, 0.4) is 0 Å². The third-order valence-corrected chi connectivity index (χ3v) is 3.39. The van der Waals surface area contributed by atoms with Crippen molar-refractivity contribution >= 4 is 0 Å². The van der Waals surface area contributed by atoms with E-state index in [-0.39, 0.29) is 12.2 Å². The van der Waals surface area contributed by atoms with Crippen LogP contribution in [0.1, 0.15) is 37.7 Å². The molecule has 94 valence electrons. The summed E-state index contributed by atoms with van der Waals surface area (Å²) in [5, 5.41) is 10.0. The van der Waals surface area contributed by atoms with Gasteiger partial charge in [-0.1, -0.05) is 31.0 Å². The molecule has 0 heterocycles. The molecule has 1 fully saturated rings. The maximum absolute atomic E-state index is 10.0. The smallest absolute Gasteiger partial charge is 0.124 e. The van der Waals surface area contributed by atoms with Crippen molar-refractivity contribution in [1.82, 2.24) is 0 Å². The van der Waals surface area contributed by atoms with Gasteiger partial charge in [0, 0.05) is 12.1 Å². The van der Waals surface area contributed by atoms with E-state index in [9.17, 15) is 5.11 Å². The maximum atomic E-state index is 10.0. The Hall–Kier alpha value is -1.06. The van der Waals surface area contributed by atoms with E-state index in [4.69, 9.17) is 10.5 Å². The summed E-state index contributed by atoms with van der Waals surface area (Å²) in [5.41, 5.74) is 6.68. The number of benzene rings is 1. The van der Waals surface area contributed by atoms with E-state index in [1.54, 1.807) is 0 Å². The predicted octanol–water partition coefficient (Wildman–Crippen LogP) is 2.22. The fourth-order valence-electron chi connectivity index (χ4n) is 2.34. The normalized spacial score (nSPS) is 25.3. The van der Waals surface area contributed by atoms with E-state index in [0.29, 0.717) is 6.54 Å². The fourth-order valence-corrected chi connectivity index (χ4v) is 2.34. The number of aliphatic hydroxyl groups excluding tert-OH is 1. The van der Waals surface area contributed by atoms with Gasteiger partial charge in [0.25, 0.3) is 0 Å². The van der Waals surface area contributed by atoms with Crippen LogP contribution >= 0.6 is 0 Å². The van der Waals surface area contributed by atoms with E-state index < -0.39 is 0 Å². The summed E-state index contributed by atoms with van der Waals surface area (Å²) < 4.78 is 5.94. The predicted molar refractivity (Wildman–Crippen MR) is 67.8 cm³/mol. The van der Waals surface area contributed by atoms with Crippen LogP contribution in [0.15, 0.2) is 24.3 Å². The molecule has 0 spiro atoms. The zero-order valence-corrected chi connectivity index (χ0v) is 10.1. The summed E-state index contributed by atoms with van der Waals surface area (Å²) in [6, 6.07) is 7.80. The Kier molecular flexibility index (Phi) is 4.40. The lowest BCUT2D eigenvalue weighted by Crippen LogP contribution is -2.30. The highest BCUT2D eigenvalue weighted by Gasteiger charge is 2.23. The van der Waals surface area contributed by atoms with Crippen molar-refractivity contribution < 1.29 is 9.84 Å². The van der Waals surface area contributed by atoms with Gasteiger partial charge in [-0.25, -0.2) is 0 Å². The molecule has 3 nitrogen and oxygen atoms in total. The molecule has 0 bridgehead atoms. The summed E-state index contributed by atoms with van der Waals surface area (Å²) >= 11 is 0. The minimum Gasteiger partial charge on any atom is -0.487 e. The molecule has 3 heteroatoms. The molecular formula is C14H21NO2. The molecule has 1 aromatic carbocycles. The third kappa shape index (κ3) is 3.20. The first kappa shape index (κ1) is 12.4. The molecule has 0 aromatic heterocycles. The van der Waals surface area contributed by atoms with Gasteiger partial charge < -0.3 is 15.6 Å². The highest BCUT2D eigenvalue weighted by molar-refractivity contribution is 5.33. The molecule has 2 atom stereocenters. The number of hydrogen-bond acceptors (Lipinski definition) is 3. The highest BCUT2D eigenvalue weighted by atomic mass is 16.5. The summed E-state index contributed by atoms with van der Waals surface area (Å²) in [6.07, 6.45) is 4.77. The van der Waals surface area contributed by atoms with Gasteiger partial charge in [0.1, 0.15) is 11.9 Å². The molecule has 1 aliphatic carbocycles. The molecular weight excluding hydrogens is 214 g/mol. The Balaban J connectivity index is 2.07. The first-order valence-electron chi connectivity index (χ1n) is 6.44. The van der Waals surface area contributed by atoms with Gasteiger partial charge in [-0.05, 0) is 25.3 Å². The molecule has 0 saturated heterocycles. The van der Waals surface area contributed by atoms with Gasteiger partial charge in [-0.2, -0.15) is 0 Å². The summed E-state index contributed by atoms with van der Waals surface area (Å²) in [5.74, 6) is 0.820. The Morgan fingerprint density at radius 3 is 2.76 bits per heavy atom. The van der Waals surface area contributed by atoms with E-state index in [2.05, 4.69) is 0 Å². The number of para-hydroxylation sites is 1. The molecule has 2 rings (SSSR count). The van der Waals surface area contributed by atoms with Gasteiger partial charge in [0.2, 0.25) is 0 Å². The molecule has 1 aromatic rings. The van der Waals surface area contributed by atoms with Crippen LogP contribution in [0.4, 0.5) is 0 Å². The van der Waals surface area contributed by atoms with Crippen molar-refractivity contribution in [2.24, 2.45) is 5.73 Å². The molecule has 3 N–H and O–H groups in total. The van der Waals surface area contributed by atoms with Gasteiger partial charge in [0.15, 0.2) is 0 Å². The Morgan fingerprint density at radius 1 is 1.18 bits per heavy atom. The largest absolute Gasteiger partial charge is 0.487 e. The maximum Gasteiger partial charge on any atom is 0.124 e. The first-order valence-corrected chi connectivity index (χ1v) is 6.44. The number of aliphatic hydroxyl groups is 1. The van der Waals surface area contributed by atoms with Gasteiger partial charge in [-0.15, -0.1) is 0 Å². The zero-order chi connectivity index (χ0) is 12.1. The second kappa shape index (κ2) is 6.03. The average molecular weight is 235 g/mol. The zero-order valence-electron chi connectivity index (χ0n) is 10.1. The van der Waals surface area contributed by atoms with E-state index in [0.717, 1.165) is 37.0 Å². The Bertz CT molecular complexity index is 354. The van der Waals surface area contributed by atoms with Crippen LogP contribution < -0.4 is 10.5 Å². The molecule has 17 heavy (non-hydrogen) atoms. The van der Waals surface area contributed by atoms with Crippen LogP contribution in [0.25, 0.3) is 0 Å². The number of nitrogens with two attached hydrogens (primary N) is 1. The van der Waals surface area contributed by atoms with Crippen LogP contribution in [0.5, 0.6) is 5.75 Å². The first-order chi connectivity index (χ1) is 8.31. The lowest BCUT2D eigenvalue weighted by molar-refractivity contribution is 0.0314. The second-order valence-electron chi connectivity index (χ2n) is 4.67. The van der Waals surface area contributed by atoms with Crippen molar-refractivity contribution in [2.75, 3.05) is 0 Å². The number of ether oxygens (including phenoxy) is 1. The van der Waals surface area contributed by atoms with Crippen LogP contribution in [0.2, 0.25) is 0 Å². The topological polar surface area (TPSA) is 55.5 Å². The summed E-state index contributed by atoms with van der Waals surface area (Å²) in [4.78, 5) is 0. The quantitative estimate of drug-likeness (QED) is 0.790. The van der Waals surface area contributed by atoms with Crippen molar-refractivity contribution in [3.63, 3.8) is 0 Å². The molecule has 0 radical (unpaired) electrons.